The molecular weight excluding hydrogens is 231 g/mol. The van der Waals surface area contributed by atoms with Gasteiger partial charge in [0, 0.05) is 13.1 Å². The molecule has 0 radical (unpaired) electrons. The van der Waals surface area contributed by atoms with Gasteiger partial charge in [0.15, 0.2) is 0 Å². The largest absolute Gasteiger partial charge is 1.00 e. The minimum atomic E-state index is -4.87. The maximum atomic E-state index is 12.2. The van der Waals surface area contributed by atoms with Crippen molar-refractivity contribution in [3.05, 3.63) is 12.1 Å². The predicted molar refractivity (Wildman–Crippen MR) is 52.1 cm³/mol. The van der Waals surface area contributed by atoms with Gasteiger partial charge in [-0.15, -0.1) is 12.1 Å². The van der Waals surface area contributed by atoms with Crippen molar-refractivity contribution in [3.8, 4) is 0 Å². The second-order valence-electron chi connectivity index (χ2n) is 3.61. The summed E-state index contributed by atoms with van der Waals surface area (Å²) in [7, 11) is 0. The Kier molecular flexibility index (Phi) is 8.05. The van der Waals surface area contributed by atoms with Crippen LogP contribution in [0.5, 0.6) is 0 Å². The summed E-state index contributed by atoms with van der Waals surface area (Å²) in [6.07, 6.45) is 0.901. The number of hydrogen-bond donors (Lipinski definition) is 1. The van der Waals surface area contributed by atoms with E-state index in [9.17, 15) is 12.9 Å². The van der Waals surface area contributed by atoms with E-state index in [0.717, 1.165) is 26.1 Å². The van der Waals surface area contributed by atoms with Gasteiger partial charge in [0.05, 0.1) is 0 Å². The molecule has 0 spiro atoms. The molecular formula is C8H15BF3KN2. The Bertz CT molecular complexity index is 203. The Hall–Kier alpha value is 1.15. The number of halogens is 3. The smallest absolute Gasteiger partial charge is 0.445 e. The van der Waals surface area contributed by atoms with E-state index < -0.39 is 12.4 Å². The standard InChI is InChI=1S/C8H15BF3N2.K/c1-8(9(10,11)12)7-14-5-2-3-13-4-6-14;/h13H,1-7H2;/q-1;+1. The summed E-state index contributed by atoms with van der Waals surface area (Å²) in [6, 6.07) is 0. The summed E-state index contributed by atoms with van der Waals surface area (Å²) in [5.41, 5.74) is -0.591. The van der Waals surface area contributed by atoms with E-state index in [-0.39, 0.29) is 57.9 Å². The van der Waals surface area contributed by atoms with Crippen LogP contribution in [0.15, 0.2) is 12.1 Å². The second kappa shape index (κ2) is 7.47. The van der Waals surface area contributed by atoms with Crippen molar-refractivity contribution in [1.29, 1.82) is 0 Å². The van der Waals surface area contributed by atoms with Crippen molar-refractivity contribution in [2.24, 2.45) is 0 Å². The Balaban J connectivity index is 0.00000196. The quantitative estimate of drug-likeness (QED) is 0.593. The van der Waals surface area contributed by atoms with Crippen molar-refractivity contribution >= 4 is 6.98 Å². The molecule has 1 rings (SSSR count). The second-order valence-corrected chi connectivity index (χ2v) is 3.61. The van der Waals surface area contributed by atoms with Crippen LogP contribution in [0.1, 0.15) is 6.42 Å². The minimum absolute atomic E-state index is 0. The molecule has 1 aliphatic heterocycles. The van der Waals surface area contributed by atoms with Crippen LogP contribution in [-0.2, 0) is 0 Å². The third kappa shape index (κ3) is 6.45. The Morgan fingerprint density at radius 1 is 1.27 bits per heavy atom. The summed E-state index contributed by atoms with van der Waals surface area (Å²) in [4.78, 5) is 1.80. The Labute approximate surface area is 131 Å². The average Bonchev–Trinajstić information content (AvgIpc) is 2.31. The van der Waals surface area contributed by atoms with Crippen molar-refractivity contribution < 1.29 is 64.3 Å². The Morgan fingerprint density at radius 3 is 2.53 bits per heavy atom. The number of hydrogen-bond acceptors (Lipinski definition) is 2. The van der Waals surface area contributed by atoms with Crippen molar-refractivity contribution in [2.75, 3.05) is 32.7 Å². The van der Waals surface area contributed by atoms with E-state index in [2.05, 4.69) is 11.9 Å². The molecule has 0 aromatic carbocycles. The van der Waals surface area contributed by atoms with Crippen LogP contribution < -0.4 is 56.7 Å². The number of nitrogens with zero attached hydrogens (tertiary/aromatic N) is 1. The van der Waals surface area contributed by atoms with E-state index in [1.54, 1.807) is 4.90 Å². The van der Waals surface area contributed by atoms with Crippen LogP contribution in [-0.4, -0.2) is 44.6 Å². The van der Waals surface area contributed by atoms with Gasteiger partial charge in [0.2, 0.25) is 0 Å². The number of nitrogens with one attached hydrogen (secondary N) is 1. The molecule has 1 aliphatic rings. The summed E-state index contributed by atoms with van der Waals surface area (Å²) >= 11 is 0. The van der Waals surface area contributed by atoms with Crippen LogP contribution in [0.25, 0.3) is 0 Å². The molecule has 0 aromatic rings. The van der Waals surface area contributed by atoms with E-state index >= 15 is 0 Å². The zero-order valence-electron chi connectivity index (χ0n) is 9.11. The third-order valence-corrected chi connectivity index (χ3v) is 2.32. The fourth-order valence-electron chi connectivity index (χ4n) is 1.45. The van der Waals surface area contributed by atoms with Crippen LogP contribution in [0, 0.1) is 0 Å². The zero-order chi connectivity index (χ0) is 10.6. The molecule has 0 aromatic heterocycles. The van der Waals surface area contributed by atoms with Crippen molar-refractivity contribution in [3.63, 3.8) is 0 Å². The van der Waals surface area contributed by atoms with E-state index in [0.29, 0.717) is 6.54 Å². The molecule has 15 heavy (non-hydrogen) atoms. The molecule has 0 aliphatic carbocycles. The van der Waals surface area contributed by atoms with Gasteiger partial charge in [-0.1, -0.05) is 0 Å². The molecule has 82 valence electrons. The summed E-state index contributed by atoms with van der Waals surface area (Å²) in [5, 5.41) is 3.14. The first-order chi connectivity index (χ1) is 6.50. The molecule has 1 N–H and O–H groups in total. The van der Waals surface area contributed by atoms with Gasteiger partial charge in [-0.2, -0.15) is 0 Å². The first kappa shape index (κ1) is 16.2. The first-order valence-electron chi connectivity index (χ1n) is 4.81. The molecule has 1 saturated heterocycles. The van der Waals surface area contributed by atoms with Crippen LogP contribution >= 0.6 is 0 Å². The van der Waals surface area contributed by atoms with E-state index in [1.807, 2.05) is 0 Å². The predicted octanol–water partition coefficient (Wildman–Crippen LogP) is -1.77. The molecule has 0 atom stereocenters. The van der Waals surface area contributed by atoms with Crippen LogP contribution in [0.4, 0.5) is 12.9 Å². The molecule has 0 bridgehead atoms. The summed E-state index contributed by atoms with van der Waals surface area (Å²) in [6.45, 7) is 1.23. The molecule has 0 unspecified atom stereocenters. The van der Waals surface area contributed by atoms with Gasteiger partial charge >= 0.3 is 58.4 Å². The van der Waals surface area contributed by atoms with Gasteiger partial charge in [-0.3, -0.25) is 0 Å². The molecule has 7 heteroatoms. The Morgan fingerprint density at radius 2 is 1.93 bits per heavy atom. The zero-order valence-corrected chi connectivity index (χ0v) is 12.2. The normalized spacial score (nSPS) is 19.1. The summed E-state index contributed by atoms with van der Waals surface area (Å²) in [5.74, 6) is 0. The van der Waals surface area contributed by atoms with Crippen LogP contribution in [0.3, 0.4) is 0 Å². The molecule has 1 heterocycles. The van der Waals surface area contributed by atoms with Crippen molar-refractivity contribution in [1.82, 2.24) is 10.2 Å². The summed E-state index contributed by atoms with van der Waals surface area (Å²) < 4.78 is 36.7. The van der Waals surface area contributed by atoms with Gasteiger partial charge in [0.25, 0.3) is 0 Å². The van der Waals surface area contributed by atoms with E-state index in [1.165, 1.54) is 0 Å². The van der Waals surface area contributed by atoms with Gasteiger partial charge in [-0.25, -0.2) is 0 Å². The van der Waals surface area contributed by atoms with Gasteiger partial charge in [-0.05, 0) is 26.1 Å². The average molecular weight is 246 g/mol. The topological polar surface area (TPSA) is 15.3 Å². The van der Waals surface area contributed by atoms with Gasteiger partial charge < -0.3 is 23.2 Å². The number of rotatable bonds is 3. The fourth-order valence-corrected chi connectivity index (χ4v) is 1.45. The fraction of sp³-hybridized carbons (Fsp3) is 0.750. The molecule has 2 nitrogen and oxygen atoms in total. The maximum Gasteiger partial charge on any atom is 1.00 e. The minimum Gasteiger partial charge on any atom is -0.445 e. The van der Waals surface area contributed by atoms with Crippen LogP contribution in [0.2, 0.25) is 0 Å². The van der Waals surface area contributed by atoms with Gasteiger partial charge in [0.1, 0.15) is 0 Å². The molecule has 0 saturated carbocycles. The monoisotopic (exact) mass is 246 g/mol. The first-order valence-corrected chi connectivity index (χ1v) is 4.81. The maximum absolute atomic E-state index is 12.2. The van der Waals surface area contributed by atoms with E-state index in [4.69, 9.17) is 0 Å². The van der Waals surface area contributed by atoms with Crippen molar-refractivity contribution in [2.45, 2.75) is 6.42 Å². The SMILES string of the molecule is C=C(CN1CCCNCC1)[B-](F)(F)F.[K+]. The third-order valence-electron chi connectivity index (χ3n) is 2.32. The molecule has 1 fully saturated rings. The molecule has 0 amide bonds.